The molecule has 0 spiro atoms. The monoisotopic (exact) mass is 360 g/mol. The highest BCUT2D eigenvalue weighted by Gasteiger charge is 2.30. The molecule has 2 rings (SSSR count). The molecular weight excluding hydrogens is 349 g/mol. The van der Waals surface area contributed by atoms with E-state index in [1.807, 2.05) is 6.92 Å². The molecule has 1 heterocycles. The molecule has 2 aromatic rings. The fourth-order valence-electron chi connectivity index (χ4n) is 1.89. The van der Waals surface area contributed by atoms with Crippen LogP contribution in [0.15, 0.2) is 33.5 Å². The lowest BCUT2D eigenvalue weighted by molar-refractivity contribution is -0.137. The molecule has 1 aromatic heterocycles. The normalized spacial score (nSPS) is 11.7. The molecule has 0 saturated heterocycles. The number of aromatic nitrogens is 2. The van der Waals surface area contributed by atoms with Gasteiger partial charge in [0.1, 0.15) is 10.3 Å². The Morgan fingerprint density at radius 3 is 2.67 bits per heavy atom. The molecule has 0 amide bonds. The van der Waals surface area contributed by atoms with Crippen molar-refractivity contribution >= 4 is 15.9 Å². The van der Waals surface area contributed by atoms with Crippen LogP contribution in [0.3, 0.4) is 0 Å². The third kappa shape index (κ3) is 3.53. The summed E-state index contributed by atoms with van der Waals surface area (Å²) in [6.07, 6.45) is -3.09. The number of hydrogen-bond acceptors (Lipinski definition) is 2. The molecule has 0 unspecified atom stereocenters. The van der Waals surface area contributed by atoms with Gasteiger partial charge >= 0.3 is 6.18 Å². The molecular formula is C14H12BrF3N2O. The van der Waals surface area contributed by atoms with Gasteiger partial charge in [0, 0.05) is 5.56 Å². The van der Waals surface area contributed by atoms with Crippen molar-refractivity contribution in [2.24, 2.45) is 0 Å². The zero-order chi connectivity index (χ0) is 15.6. The summed E-state index contributed by atoms with van der Waals surface area (Å²) in [4.78, 5) is 18.6. The minimum atomic E-state index is -4.43. The van der Waals surface area contributed by atoms with Crippen LogP contribution in [0.5, 0.6) is 0 Å². The second kappa shape index (κ2) is 6.01. The molecule has 0 fully saturated rings. The molecule has 21 heavy (non-hydrogen) atoms. The summed E-state index contributed by atoms with van der Waals surface area (Å²) in [5.74, 6) is 0.137. The fraction of sp³-hybridized carbons (Fsp3) is 0.286. The Hall–Kier alpha value is -1.63. The molecule has 0 aliphatic rings. The first-order valence-electron chi connectivity index (χ1n) is 6.29. The predicted molar refractivity (Wildman–Crippen MR) is 77.0 cm³/mol. The van der Waals surface area contributed by atoms with Crippen LogP contribution in [0, 0.1) is 0 Å². The van der Waals surface area contributed by atoms with Gasteiger partial charge in [-0.25, -0.2) is 4.98 Å². The number of benzene rings is 1. The van der Waals surface area contributed by atoms with Crippen molar-refractivity contribution in [3.63, 3.8) is 0 Å². The van der Waals surface area contributed by atoms with Crippen molar-refractivity contribution < 1.29 is 13.2 Å². The summed E-state index contributed by atoms with van der Waals surface area (Å²) in [6, 6.07) is 4.73. The average molecular weight is 361 g/mol. The van der Waals surface area contributed by atoms with Crippen molar-refractivity contribution in [2.45, 2.75) is 25.9 Å². The molecule has 0 bridgehead atoms. The number of rotatable bonds is 3. The van der Waals surface area contributed by atoms with Crippen LogP contribution in [-0.2, 0) is 12.6 Å². The SMILES string of the molecule is CCCc1nc(-c2cccc(C(F)(F)F)c2)[nH]c(=O)c1Br. The van der Waals surface area contributed by atoms with E-state index in [2.05, 4.69) is 25.9 Å². The summed E-state index contributed by atoms with van der Waals surface area (Å²) < 4.78 is 38.5. The summed E-state index contributed by atoms with van der Waals surface area (Å²) in [6.45, 7) is 1.93. The Balaban J connectivity index is 2.54. The second-order valence-corrected chi connectivity index (χ2v) is 5.30. The first-order chi connectivity index (χ1) is 9.82. The van der Waals surface area contributed by atoms with Gasteiger partial charge in [-0.2, -0.15) is 13.2 Å². The second-order valence-electron chi connectivity index (χ2n) is 4.50. The Bertz CT molecular complexity index is 710. The Labute approximate surface area is 127 Å². The molecule has 0 radical (unpaired) electrons. The van der Waals surface area contributed by atoms with E-state index in [9.17, 15) is 18.0 Å². The van der Waals surface area contributed by atoms with Crippen molar-refractivity contribution in [2.75, 3.05) is 0 Å². The molecule has 0 aliphatic carbocycles. The summed E-state index contributed by atoms with van der Waals surface area (Å²) in [7, 11) is 0. The summed E-state index contributed by atoms with van der Waals surface area (Å²) >= 11 is 3.15. The zero-order valence-electron chi connectivity index (χ0n) is 11.1. The molecule has 1 N–H and O–H groups in total. The van der Waals surface area contributed by atoms with Crippen molar-refractivity contribution in [3.8, 4) is 11.4 Å². The zero-order valence-corrected chi connectivity index (χ0v) is 12.7. The third-order valence-electron chi connectivity index (χ3n) is 2.88. The number of aromatic amines is 1. The Morgan fingerprint density at radius 2 is 2.05 bits per heavy atom. The van der Waals surface area contributed by atoms with E-state index < -0.39 is 17.3 Å². The third-order valence-corrected chi connectivity index (χ3v) is 3.70. The van der Waals surface area contributed by atoms with Crippen LogP contribution in [0.1, 0.15) is 24.6 Å². The maximum absolute atomic E-state index is 12.7. The Morgan fingerprint density at radius 1 is 1.33 bits per heavy atom. The van der Waals surface area contributed by atoms with E-state index >= 15 is 0 Å². The minimum Gasteiger partial charge on any atom is -0.306 e. The first kappa shape index (κ1) is 15.8. The molecule has 112 valence electrons. The Kier molecular flexibility index (Phi) is 4.51. The quantitative estimate of drug-likeness (QED) is 0.892. The number of alkyl halides is 3. The summed E-state index contributed by atoms with van der Waals surface area (Å²) in [5.41, 5.74) is -0.413. The van der Waals surface area contributed by atoms with Crippen molar-refractivity contribution in [3.05, 3.63) is 50.3 Å². The van der Waals surface area contributed by atoms with Crippen LogP contribution in [-0.4, -0.2) is 9.97 Å². The number of aryl methyl sites for hydroxylation is 1. The van der Waals surface area contributed by atoms with Crippen molar-refractivity contribution in [1.82, 2.24) is 9.97 Å². The molecule has 1 aromatic carbocycles. The lowest BCUT2D eigenvalue weighted by Gasteiger charge is -2.09. The van der Waals surface area contributed by atoms with E-state index in [0.29, 0.717) is 16.6 Å². The van der Waals surface area contributed by atoms with Gasteiger partial charge in [0.2, 0.25) is 0 Å². The van der Waals surface area contributed by atoms with E-state index in [1.165, 1.54) is 12.1 Å². The van der Waals surface area contributed by atoms with E-state index in [1.54, 1.807) is 0 Å². The predicted octanol–water partition coefficient (Wildman–Crippen LogP) is 4.17. The number of nitrogens with one attached hydrogen (secondary N) is 1. The molecule has 7 heteroatoms. The minimum absolute atomic E-state index is 0.137. The number of hydrogen-bond donors (Lipinski definition) is 1. The van der Waals surface area contributed by atoms with Crippen LogP contribution in [0.2, 0.25) is 0 Å². The van der Waals surface area contributed by atoms with Crippen LogP contribution in [0.25, 0.3) is 11.4 Å². The maximum atomic E-state index is 12.7. The molecule has 0 atom stereocenters. The lowest BCUT2D eigenvalue weighted by Crippen LogP contribution is -2.14. The molecule has 0 saturated carbocycles. The van der Waals surface area contributed by atoms with Gasteiger partial charge in [-0.05, 0) is 34.5 Å². The average Bonchev–Trinajstić information content (AvgIpc) is 2.43. The van der Waals surface area contributed by atoms with E-state index in [-0.39, 0.29) is 11.4 Å². The highest BCUT2D eigenvalue weighted by Crippen LogP contribution is 2.31. The largest absolute Gasteiger partial charge is 0.416 e. The standard InChI is InChI=1S/C14H12BrF3N2O/c1-2-4-10-11(15)13(21)20-12(19-10)8-5-3-6-9(7-8)14(16,17)18/h3,5-7H,2,4H2,1H3,(H,19,20,21). The highest BCUT2D eigenvalue weighted by molar-refractivity contribution is 9.10. The van der Waals surface area contributed by atoms with Gasteiger partial charge in [0.25, 0.3) is 5.56 Å². The van der Waals surface area contributed by atoms with Crippen LogP contribution < -0.4 is 5.56 Å². The maximum Gasteiger partial charge on any atom is 0.416 e. The molecule has 0 aliphatic heterocycles. The topological polar surface area (TPSA) is 45.8 Å². The van der Waals surface area contributed by atoms with Gasteiger partial charge in [-0.3, -0.25) is 4.79 Å². The van der Waals surface area contributed by atoms with Crippen molar-refractivity contribution in [1.29, 1.82) is 0 Å². The first-order valence-corrected chi connectivity index (χ1v) is 7.08. The molecule has 3 nitrogen and oxygen atoms in total. The van der Waals surface area contributed by atoms with Crippen LogP contribution >= 0.6 is 15.9 Å². The van der Waals surface area contributed by atoms with Crippen LogP contribution in [0.4, 0.5) is 13.2 Å². The van der Waals surface area contributed by atoms with Gasteiger partial charge in [0.15, 0.2) is 0 Å². The van der Waals surface area contributed by atoms with Gasteiger partial charge in [-0.1, -0.05) is 25.5 Å². The number of halogens is 4. The number of nitrogens with zero attached hydrogens (tertiary/aromatic N) is 1. The smallest absolute Gasteiger partial charge is 0.306 e. The lowest BCUT2D eigenvalue weighted by atomic mass is 10.1. The summed E-state index contributed by atoms with van der Waals surface area (Å²) in [5, 5.41) is 0. The van der Waals surface area contributed by atoms with Gasteiger partial charge in [0.05, 0.1) is 11.3 Å². The highest BCUT2D eigenvalue weighted by atomic mass is 79.9. The van der Waals surface area contributed by atoms with E-state index in [4.69, 9.17) is 0 Å². The number of H-pyrrole nitrogens is 1. The van der Waals surface area contributed by atoms with E-state index in [0.717, 1.165) is 18.6 Å². The van der Waals surface area contributed by atoms with Gasteiger partial charge in [-0.15, -0.1) is 0 Å². The van der Waals surface area contributed by atoms with Gasteiger partial charge < -0.3 is 4.98 Å². The fourth-order valence-corrected chi connectivity index (χ4v) is 2.27.